The lowest BCUT2D eigenvalue weighted by Crippen LogP contribution is -2.26. The van der Waals surface area contributed by atoms with E-state index in [2.05, 4.69) is 10.3 Å². The van der Waals surface area contributed by atoms with Crippen LogP contribution in [-0.4, -0.2) is 15.4 Å². The molecule has 1 fully saturated rings. The Morgan fingerprint density at radius 1 is 1.35 bits per heavy atom. The minimum absolute atomic E-state index is 0.0685. The van der Waals surface area contributed by atoms with Crippen LogP contribution in [0.3, 0.4) is 0 Å². The van der Waals surface area contributed by atoms with Crippen LogP contribution in [0.25, 0.3) is 0 Å². The van der Waals surface area contributed by atoms with E-state index < -0.39 is 0 Å². The van der Waals surface area contributed by atoms with Crippen molar-refractivity contribution in [2.45, 2.75) is 24.9 Å². The Morgan fingerprint density at radius 3 is 2.75 bits per heavy atom. The third-order valence-electron chi connectivity index (χ3n) is 3.48. The number of alkyl halides is 1. The molecule has 4 nitrogen and oxygen atoms in total. The number of anilines is 1. The third-order valence-corrected chi connectivity index (χ3v) is 3.78. The second-order valence-electron chi connectivity index (χ2n) is 4.98. The Labute approximate surface area is 122 Å². The molecule has 1 aromatic carbocycles. The van der Waals surface area contributed by atoms with Gasteiger partial charge in [-0.25, -0.2) is 4.98 Å². The lowest BCUT2D eigenvalue weighted by molar-refractivity contribution is 0.696. The molecule has 1 aromatic heterocycles. The quantitative estimate of drug-likeness (QED) is 0.861. The monoisotopic (exact) mass is 289 g/mol. The highest BCUT2D eigenvalue weighted by atomic mass is 35.5. The summed E-state index contributed by atoms with van der Waals surface area (Å²) in [6.45, 7) is 0. The summed E-state index contributed by atoms with van der Waals surface area (Å²) in [5.41, 5.74) is 0.978. The largest absolute Gasteiger partial charge is 0.357 e. The minimum atomic E-state index is -0.117. The zero-order chi connectivity index (χ0) is 13.9. The number of aromatic nitrogens is 2. The van der Waals surface area contributed by atoms with Gasteiger partial charge in [-0.3, -0.25) is 4.79 Å². The first-order valence-electron chi connectivity index (χ1n) is 6.74. The van der Waals surface area contributed by atoms with Gasteiger partial charge in [-0.15, -0.1) is 11.6 Å². The standard InChI is InChI=1S/C15H16ClN3O/c16-10-13(11-4-2-1-3-5-11)18-14-15(20)19(9-8-17-14)12-6-7-12/h1-5,8-9,12-13H,6-7,10H2,(H,17,18). The molecule has 1 atom stereocenters. The van der Waals surface area contributed by atoms with Crippen molar-refractivity contribution < 1.29 is 0 Å². The molecule has 0 radical (unpaired) electrons. The molecule has 0 amide bonds. The number of hydrogen-bond acceptors (Lipinski definition) is 3. The first-order chi connectivity index (χ1) is 9.79. The van der Waals surface area contributed by atoms with Crippen molar-refractivity contribution in [3.63, 3.8) is 0 Å². The maximum absolute atomic E-state index is 12.3. The van der Waals surface area contributed by atoms with Gasteiger partial charge in [0.05, 0.1) is 6.04 Å². The number of halogens is 1. The van der Waals surface area contributed by atoms with Crippen molar-refractivity contribution >= 4 is 17.4 Å². The summed E-state index contributed by atoms with van der Waals surface area (Å²) in [4.78, 5) is 16.5. The summed E-state index contributed by atoms with van der Waals surface area (Å²) in [5, 5.41) is 3.16. The highest BCUT2D eigenvalue weighted by Gasteiger charge is 2.25. The van der Waals surface area contributed by atoms with Crippen LogP contribution in [0, 0.1) is 0 Å². The fourth-order valence-corrected chi connectivity index (χ4v) is 2.48. The Kier molecular flexibility index (Phi) is 3.74. The van der Waals surface area contributed by atoms with Crippen molar-refractivity contribution in [2.24, 2.45) is 0 Å². The van der Waals surface area contributed by atoms with Gasteiger partial charge in [-0.05, 0) is 18.4 Å². The molecular formula is C15H16ClN3O. The molecule has 2 aromatic rings. The molecule has 20 heavy (non-hydrogen) atoms. The summed E-state index contributed by atoms with van der Waals surface area (Å²) in [6.07, 6.45) is 5.56. The predicted octanol–water partition coefficient (Wildman–Crippen LogP) is 2.97. The molecule has 1 aliphatic carbocycles. The van der Waals surface area contributed by atoms with Gasteiger partial charge in [0.1, 0.15) is 0 Å². The van der Waals surface area contributed by atoms with Crippen LogP contribution < -0.4 is 10.9 Å². The molecule has 0 spiro atoms. The topological polar surface area (TPSA) is 46.9 Å². The smallest absolute Gasteiger partial charge is 0.293 e. The SMILES string of the molecule is O=c1c(NC(CCl)c2ccccc2)nccn1C1CC1. The van der Waals surface area contributed by atoms with Crippen LogP contribution in [0.2, 0.25) is 0 Å². The van der Waals surface area contributed by atoms with Gasteiger partial charge in [-0.1, -0.05) is 30.3 Å². The minimum Gasteiger partial charge on any atom is -0.357 e. The second-order valence-corrected chi connectivity index (χ2v) is 5.29. The number of nitrogens with one attached hydrogen (secondary N) is 1. The van der Waals surface area contributed by atoms with Crippen LogP contribution in [-0.2, 0) is 0 Å². The zero-order valence-corrected chi connectivity index (χ0v) is 11.8. The van der Waals surface area contributed by atoms with Crippen molar-refractivity contribution in [1.82, 2.24) is 9.55 Å². The molecule has 5 heteroatoms. The first kappa shape index (κ1) is 13.2. The van der Waals surface area contributed by atoms with Gasteiger partial charge in [-0.2, -0.15) is 0 Å². The molecule has 1 heterocycles. The van der Waals surface area contributed by atoms with Gasteiger partial charge in [0.25, 0.3) is 5.56 Å². The molecule has 0 saturated heterocycles. The fourth-order valence-electron chi connectivity index (χ4n) is 2.23. The lowest BCUT2D eigenvalue weighted by Gasteiger charge is -2.17. The van der Waals surface area contributed by atoms with Crippen LogP contribution >= 0.6 is 11.6 Å². The Hall–Kier alpha value is -1.81. The zero-order valence-electron chi connectivity index (χ0n) is 11.0. The van der Waals surface area contributed by atoms with Gasteiger partial charge in [0.2, 0.25) is 0 Å². The predicted molar refractivity (Wildman–Crippen MR) is 80.3 cm³/mol. The van der Waals surface area contributed by atoms with Gasteiger partial charge in [0.15, 0.2) is 5.82 Å². The molecule has 1 saturated carbocycles. The van der Waals surface area contributed by atoms with E-state index in [-0.39, 0.29) is 11.6 Å². The van der Waals surface area contributed by atoms with Gasteiger partial charge in [0, 0.05) is 24.3 Å². The van der Waals surface area contributed by atoms with Crippen LogP contribution in [0.4, 0.5) is 5.82 Å². The Morgan fingerprint density at radius 2 is 2.10 bits per heavy atom. The number of nitrogens with zero attached hydrogens (tertiary/aromatic N) is 2. The fraction of sp³-hybridized carbons (Fsp3) is 0.333. The molecule has 0 aliphatic heterocycles. The Balaban J connectivity index is 1.86. The van der Waals surface area contributed by atoms with Crippen molar-refractivity contribution in [3.05, 3.63) is 58.6 Å². The van der Waals surface area contributed by atoms with Crippen LogP contribution in [0.5, 0.6) is 0 Å². The maximum atomic E-state index is 12.3. The van der Waals surface area contributed by atoms with E-state index in [1.54, 1.807) is 17.0 Å². The summed E-state index contributed by atoms with van der Waals surface area (Å²) >= 11 is 6.02. The molecule has 104 valence electrons. The molecule has 1 N–H and O–H groups in total. The summed E-state index contributed by atoms with van der Waals surface area (Å²) in [7, 11) is 0. The van der Waals surface area contributed by atoms with Gasteiger partial charge < -0.3 is 9.88 Å². The summed E-state index contributed by atoms with van der Waals surface area (Å²) in [5.74, 6) is 0.748. The normalized spacial score (nSPS) is 15.8. The van der Waals surface area contributed by atoms with E-state index in [4.69, 9.17) is 11.6 Å². The summed E-state index contributed by atoms with van der Waals surface area (Å²) in [6, 6.07) is 10.1. The highest BCUT2D eigenvalue weighted by Crippen LogP contribution is 2.33. The van der Waals surface area contributed by atoms with E-state index in [1.165, 1.54) is 0 Å². The maximum Gasteiger partial charge on any atom is 0.293 e. The van der Waals surface area contributed by atoms with E-state index in [0.717, 1.165) is 18.4 Å². The molecular weight excluding hydrogens is 274 g/mol. The highest BCUT2D eigenvalue weighted by molar-refractivity contribution is 6.18. The average Bonchev–Trinajstić information content (AvgIpc) is 3.32. The van der Waals surface area contributed by atoms with Crippen LogP contribution in [0.15, 0.2) is 47.5 Å². The second kappa shape index (κ2) is 5.67. The van der Waals surface area contributed by atoms with Crippen LogP contribution in [0.1, 0.15) is 30.5 Å². The molecule has 3 rings (SSSR count). The summed E-state index contributed by atoms with van der Waals surface area (Å²) < 4.78 is 1.76. The van der Waals surface area contributed by atoms with Crippen molar-refractivity contribution in [1.29, 1.82) is 0 Å². The lowest BCUT2D eigenvalue weighted by atomic mass is 10.1. The number of rotatable bonds is 5. The average molecular weight is 290 g/mol. The van der Waals surface area contributed by atoms with E-state index in [9.17, 15) is 4.79 Å². The van der Waals surface area contributed by atoms with E-state index >= 15 is 0 Å². The van der Waals surface area contributed by atoms with E-state index in [1.807, 2.05) is 30.3 Å². The molecule has 1 unspecified atom stereocenters. The van der Waals surface area contributed by atoms with Crippen molar-refractivity contribution in [3.8, 4) is 0 Å². The number of hydrogen-bond donors (Lipinski definition) is 1. The first-order valence-corrected chi connectivity index (χ1v) is 7.27. The van der Waals surface area contributed by atoms with E-state index in [0.29, 0.717) is 17.7 Å². The molecule has 0 bridgehead atoms. The third kappa shape index (κ3) is 2.70. The number of benzene rings is 1. The van der Waals surface area contributed by atoms with Gasteiger partial charge >= 0.3 is 0 Å². The Bertz CT molecular complexity index is 637. The molecule has 1 aliphatic rings. The van der Waals surface area contributed by atoms with Crippen molar-refractivity contribution in [2.75, 3.05) is 11.2 Å².